The number of ether oxygens (including phenoxy) is 2. The van der Waals surface area contributed by atoms with Crippen LogP contribution in [0.25, 0.3) is 0 Å². The molecule has 1 unspecified atom stereocenters. The van der Waals surface area contributed by atoms with Crippen molar-refractivity contribution in [1.29, 1.82) is 0 Å². The lowest BCUT2D eigenvalue weighted by atomic mass is 9.96. The molecule has 0 saturated heterocycles. The average Bonchev–Trinajstić information content (AvgIpc) is 2.53. The molecule has 2 N–H and O–H groups in total. The summed E-state index contributed by atoms with van der Waals surface area (Å²) in [6.45, 7) is 1.17. The zero-order valence-corrected chi connectivity index (χ0v) is 12.8. The molecule has 1 atom stereocenters. The van der Waals surface area contributed by atoms with E-state index in [1.807, 2.05) is 48.5 Å². The number of nitrogens with two attached hydrogens (primary N) is 1. The zero-order chi connectivity index (χ0) is 15.1. The summed E-state index contributed by atoms with van der Waals surface area (Å²) in [5, 5.41) is 0.736. The first-order valence-corrected chi connectivity index (χ1v) is 7.33. The smallest absolute Gasteiger partial charge is 0.161 e. The van der Waals surface area contributed by atoms with Gasteiger partial charge in [-0.1, -0.05) is 35.9 Å². The highest BCUT2D eigenvalue weighted by atomic mass is 35.5. The highest BCUT2D eigenvalue weighted by molar-refractivity contribution is 6.30. The van der Waals surface area contributed by atoms with E-state index in [4.69, 9.17) is 26.8 Å². The molecule has 2 aromatic rings. The standard InChI is InChI=1S/C17H20ClNO2/c1-20-16-4-2-3-5-17(16)21-11-10-14(12-19)13-6-8-15(18)9-7-13/h2-9,14H,10-12,19H2,1H3. The maximum absolute atomic E-state index is 5.91. The molecule has 2 rings (SSSR count). The van der Waals surface area contributed by atoms with Crippen LogP contribution >= 0.6 is 11.6 Å². The van der Waals surface area contributed by atoms with E-state index in [9.17, 15) is 0 Å². The van der Waals surface area contributed by atoms with Gasteiger partial charge in [-0.2, -0.15) is 0 Å². The van der Waals surface area contributed by atoms with Crippen molar-refractivity contribution in [2.24, 2.45) is 5.73 Å². The second-order valence-corrected chi connectivity index (χ2v) is 5.21. The second kappa shape index (κ2) is 7.91. The van der Waals surface area contributed by atoms with Crippen LogP contribution in [0.5, 0.6) is 11.5 Å². The molecule has 0 spiro atoms. The van der Waals surface area contributed by atoms with Gasteiger partial charge < -0.3 is 15.2 Å². The van der Waals surface area contributed by atoms with Crippen molar-refractivity contribution in [2.45, 2.75) is 12.3 Å². The summed E-state index contributed by atoms with van der Waals surface area (Å²) in [7, 11) is 1.64. The number of para-hydroxylation sites is 2. The minimum atomic E-state index is 0.261. The van der Waals surface area contributed by atoms with Crippen molar-refractivity contribution < 1.29 is 9.47 Å². The first-order chi connectivity index (χ1) is 10.2. The third kappa shape index (κ3) is 4.38. The molecule has 21 heavy (non-hydrogen) atoms. The van der Waals surface area contributed by atoms with Crippen molar-refractivity contribution in [3.63, 3.8) is 0 Å². The first kappa shape index (κ1) is 15.7. The molecule has 0 heterocycles. The van der Waals surface area contributed by atoms with Gasteiger partial charge in [0.25, 0.3) is 0 Å². The first-order valence-electron chi connectivity index (χ1n) is 6.96. The normalized spacial score (nSPS) is 12.0. The molecule has 0 fully saturated rings. The Kier molecular flexibility index (Phi) is 5.90. The molecule has 2 aromatic carbocycles. The van der Waals surface area contributed by atoms with Crippen LogP contribution in [0.3, 0.4) is 0 Å². The zero-order valence-electron chi connectivity index (χ0n) is 12.1. The second-order valence-electron chi connectivity index (χ2n) is 4.77. The summed E-state index contributed by atoms with van der Waals surface area (Å²) in [5.41, 5.74) is 7.05. The van der Waals surface area contributed by atoms with Gasteiger partial charge in [-0.25, -0.2) is 0 Å². The van der Waals surface area contributed by atoms with Gasteiger partial charge in [-0.3, -0.25) is 0 Å². The van der Waals surface area contributed by atoms with Gasteiger partial charge in [0, 0.05) is 5.02 Å². The summed E-state index contributed by atoms with van der Waals surface area (Å²) in [6, 6.07) is 15.4. The number of halogens is 1. The lowest BCUT2D eigenvalue weighted by Crippen LogP contribution is -2.15. The van der Waals surface area contributed by atoms with E-state index in [0.717, 1.165) is 22.9 Å². The maximum Gasteiger partial charge on any atom is 0.161 e. The molecular weight excluding hydrogens is 286 g/mol. The van der Waals surface area contributed by atoms with Gasteiger partial charge in [-0.15, -0.1) is 0 Å². The maximum atomic E-state index is 5.91. The highest BCUT2D eigenvalue weighted by Crippen LogP contribution is 2.27. The van der Waals surface area contributed by atoms with Crippen molar-refractivity contribution in [3.05, 3.63) is 59.1 Å². The number of hydrogen-bond acceptors (Lipinski definition) is 3. The van der Waals surface area contributed by atoms with Gasteiger partial charge in [-0.05, 0) is 48.7 Å². The molecule has 4 heteroatoms. The van der Waals surface area contributed by atoms with Crippen LogP contribution in [0.1, 0.15) is 17.9 Å². The Morgan fingerprint density at radius 2 is 1.71 bits per heavy atom. The molecule has 0 aromatic heterocycles. The fraction of sp³-hybridized carbons (Fsp3) is 0.294. The minimum Gasteiger partial charge on any atom is -0.493 e. The lowest BCUT2D eigenvalue weighted by molar-refractivity contribution is 0.280. The quantitative estimate of drug-likeness (QED) is 0.845. The Hall–Kier alpha value is -1.71. The van der Waals surface area contributed by atoms with Crippen LogP contribution in [-0.4, -0.2) is 20.3 Å². The molecule has 0 aliphatic rings. The topological polar surface area (TPSA) is 44.5 Å². The van der Waals surface area contributed by atoms with Gasteiger partial charge >= 0.3 is 0 Å². The van der Waals surface area contributed by atoms with Crippen LogP contribution in [-0.2, 0) is 0 Å². The Labute approximate surface area is 130 Å². The molecule has 112 valence electrons. The van der Waals surface area contributed by atoms with Crippen LogP contribution in [0.2, 0.25) is 5.02 Å². The van der Waals surface area contributed by atoms with E-state index >= 15 is 0 Å². The number of methoxy groups -OCH3 is 1. The molecule has 0 aliphatic carbocycles. The Bertz CT molecular complexity index is 557. The monoisotopic (exact) mass is 305 g/mol. The third-order valence-corrected chi connectivity index (χ3v) is 3.67. The summed E-state index contributed by atoms with van der Waals surface area (Å²) in [5.74, 6) is 1.76. The highest BCUT2D eigenvalue weighted by Gasteiger charge is 2.11. The van der Waals surface area contributed by atoms with Crippen molar-refractivity contribution in [1.82, 2.24) is 0 Å². The van der Waals surface area contributed by atoms with E-state index in [-0.39, 0.29) is 5.92 Å². The van der Waals surface area contributed by atoms with Crippen LogP contribution in [0.4, 0.5) is 0 Å². The predicted octanol–water partition coefficient (Wildman–Crippen LogP) is 3.86. The van der Waals surface area contributed by atoms with Crippen molar-refractivity contribution in [2.75, 3.05) is 20.3 Å². The SMILES string of the molecule is COc1ccccc1OCCC(CN)c1ccc(Cl)cc1. The van der Waals surface area contributed by atoms with E-state index in [1.165, 1.54) is 5.56 Å². The Balaban J connectivity index is 1.93. The average molecular weight is 306 g/mol. The Morgan fingerprint density at radius 1 is 1.05 bits per heavy atom. The van der Waals surface area contributed by atoms with Gasteiger partial charge in [0.1, 0.15) is 0 Å². The molecule has 3 nitrogen and oxygen atoms in total. The number of hydrogen-bond donors (Lipinski definition) is 1. The molecule has 0 radical (unpaired) electrons. The molecule has 0 saturated carbocycles. The summed E-state index contributed by atoms with van der Waals surface area (Å²) >= 11 is 5.91. The number of rotatable bonds is 7. The molecule has 0 bridgehead atoms. The Morgan fingerprint density at radius 3 is 2.33 bits per heavy atom. The lowest BCUT2D eigenvalue weighted by Gasteiger charge is -2.16. The number of benzene rings is 2. The van der Waals surface area contributed by atoms with Gasteiger partial charge in [0.05, 0.1) is 13.7 Å². The van der Waals surface area contributed by atoms with Gasteiger partial charge in [0.15, 0.2) is 11.5 Å². The minimum absolute atomic E-state index is 0.261. The van der Waals surface area contributed by atoms with E-state index < -0.39 is 0 Å². The van der Waals surface area contributed by atoms with Crippen LogP contribution in [0.15, 0.2) is 48.5 Å². The van der Waals surface area contributed by atoms with Crippen molar-refractivity contribution >= 4 is 11.6 Å². The molecule has 0 aliphatic heterocycles. The molecule has 0 amide bonds. The van der Waals surface area contributed by atoms with E-state index in [1.54, 1.807) is 7.11 Å². The van der Waals surface area contributed by atoms with Crippen LogP contribution < -0.4 is 15.2 Å². The fourth-order valence-electron chi connectivity index (χ4n) is 2.20. The summed E-state index contributed by atoms with van der Waals surface area (Å²) < 4.78 is 11.1. The van der Waals surface area contributed by atoms with Gasteiger partial charge in [0.2, 0.25) is 0 Å². The third-order valence-electron chi connectivity index (χ3n) is 3.42. The van der Waals surface area contributed by atoms with Crippen molar-refractivity contribution in [3.8, 4) is 11.5 Å². The summed E-state index contributed by atoms with van der Waals surface area (Å²) in [6.07, 6.45) is 0.843. The molecular formula is C17H20ClNO2. The summed E-state index contributed by atoms with van der Waals surface area (Å²) in [4.78, 5) is 0. The predicted molar refractivity (Wildman–Crippen MR) is 86.4 cm³/mol. The van der Waals surface area contributed by atoms with E-state index in [0.29, 0.717) is 13.2 Å². The fourth-order valence-corrected chi connectivity index (χ4v) is 2.33. The van der Waals surface area contributed by atoms with E-state index in [2.05, 4.69) is 0 Å². The largest absolute Gasteiger partial charge is 0.493 e. The van der Waals surface area contributed by atoms with Crippen LogP contribution in [0, 0.1) is 0 Å².